The van der Waals surface area contributed by atoms with Crippen LogP contribution in [0.1, 0.15) is 31.4 Å². The molecule has 0 aromatic heterocycles. The van der Waals surface area contributed by atoms with E-state index in [0.29, 0.717) is 12.3 Å². The summed E-state index contributed by atoms with van der Waals surface area (Å²) in [6.45, 7) is 6.05. The molecule has 4 nitrogen and oxygen atoms in total. The van der Waals surface area contributed by atoms with E-state index in [1.54, 1.807) is 0 Å². The largest absolute Gasteiger partial charge is 0.342 e. The Morgan fingerprint density at radius 2 is 2.00 bits per heavy atom. The summed E-state index contributed by atoms with van der Waals surface area (Å²) < 4.78 is 0. The van der Waals surface area contributed by atoms with Crippen molar-refractivity contribution in [2.24, 2.45) is 11.7 Å². The number of hydrogen-bond donors (Lipinski definition) is 1. The van der Waals surface area contributed by atoms with E-state index in [9.17, 15) is 4.79 Å². The van der Waals surface area contributed by atoms with Gasteiger partial charge >= 0.3 is 0 Å². The Bertz CT molecular complexity index is 458. The Labute approximate surface area is 152 Å². The van der Waals surface area contributed by atoms with Crippen LogP contribution in [-0.4, -0.2) is 48.9 Å². The van der Waals surface area contributed by atoms with E-state index in [4.69, 9.17) is 5.73 Å². The monoisotopic (exact) mass is 361 g/mol. The van der Waals surface area contributed by atoms with E-state index in [0.717, 1.165) is 38.2 Å². The number of likely N-dealkylation sites (tertiary alicyclic amines) is 1. The highest BCUT2D eigenvalue weighted by molar-refractivity contribution is 5.85. The lowest BCUT2D eigenvalue weighted by atomic mass is 10.0. The number of nitrogens with two attached hydrogens (primary N) is 1. The zero-order valence-electron chi connectivity index (χ0n) is 14.0. The van der Waals surface area contributed by atoms with E-state index in [2.05, 4.69) is 18.9 Å². The summed E-state index contributed by atoms with van der Waals surface area (Å²) in [5.41, 5.74) is 7.18. The fourth-order valence-electron chi connectivity index (χ4n) is 2.91. The first-order valence-corrected chi connectivity index (χ1v) is 7.87. The van der Waals surface area contributed by atoms with Gasteiger partial charge in [-0.25, -0.2) is 0 Å². The first-order chi connectivity index (χ1) is 10.1. The average molecular weight is 362 g/mol. The molecule has 2 N–H and O–H groups in total. The zero-order chi connectivity index (χ0) is 15.2. The fourth-order valence-corrected chi connectivity index (χ4v) is 2.91. The van der Waals surface area contributed by atoms with Gasteiger partial charge in [0, 0.05) is 32.1 Å². The molecule has 0 bridgehead atoms. The fraction of sp³-hybridized carbons (Fsp3) is 0.588. The van der Waals surface area contributed by atoms with Crippen molar-refractivity contribution in [2.45, 2.75) is 25.8 Å². The Kier molecular flexibility index (Phi) is 10.5. The molecule has 1 aliphatic heterocycles. The highest BCUT2D eigenvalue weighted by Crippen LogP contribution is 2.21. The maximum Gasteiger partial charge on any atom is 0.224 e. The van der Waals surface area contributed by atoms with Gasteiger partial charge in [0.2, 0.25) is 5.91 Å². The first-order valence-electron chi connectivity index (χ1n) is 7.87. The Hall–Kier alpha value is -0.810. The van der Waals surface area contributed by atoms with Crippen LogP contribution in [0.3, 0.4) is 0 Å². The van der Waals surface area contributed by atoms with Crippen molar-refractivity contribution < 1.29 is 4.79 Å². The summed E-state index contributed by atoms with van der Waals surface area (Å²) in [7, 11) is 2.13. The van der Waals surface area contributed by atoms with Crippen molar-refractivity contribution in [3.63, 3.8) is 0 Å². The Morgan fingerprint density at radius 3 is 2.61 bits per heavy atom. The van der Waals surface area contributed by atoms with Gasteiger partial charge in [-0.15, -0.1) is 24.8 Å². The molecule has 2 atom stereocenters. The molecule has 1 amide bonds. The molecule has 1 heterocycles. The normalized spacial score (nSPS) is 18.3. The molecule has 0 radical (unpaired) electrons. The van der Waals surface area contributed by atoms with Gasteiger partial charge in [-0.3, -0.25) is 4.79 Å². The number of halogens is 2. The van der Waals surface area contributed by atoms with Crippen LogP contribution in [0, 0.1) is 5.92 Å². The van der Waals surface area contributed by atoms with E-state index >= 15 is 0 Å². The SMILES string of the molecule is CCN(C)CC1CCN(C(=O)CC(N)c2ccccc2)C1.Cl.Cl. The van der Waals surface area contributed by atoms with Crippen LogP contribution in [0.5, 0.6) is 0 Å². The van der Waals surface area contributed by atoms with Gasteiger partial charge in [0.05, 0.1) is 0 Å². The van der Waals surface area contributed by atoms with Crippen LogP contribution in [0.4, 0.5) is 0 Å². The van der Waals surface area contributed by atoms with Crippen LogP contribution in [0.25, 0.3) is 0 Å². The van der Waals surface area contributed by atoms with Gasteiger partial charge in [0.15, 0.2) is 0 Å². The lowest BCUT2D eigenvalue weighted by Crippen LogP contribution is -2.33. The zero-order valence-corrected chi connectivity index (χ0v) is 15.6. The molecule has 1 fully saturated rings. The minimum atomic E-state index is -0.198. The standard InChI is InChI=1S/C17H27N3O.2ClH/c1-3-19(2)12-14-9-10-20(13-14)17(21)11-16(18)15-7-5-4-6-8-15;;/h4-8,14,16H,3,9-13,18H2,1-2H3;2*1H. The maximum atomic E-state index is 12.4. The van der Waals surface area contributed by atoms with E-state index < -0.39 is 0 Å². The molecule has 6 heteroatoms. The number of amides is 1. The first kappa shape index (κ1) is 22.2. The van der Waals surface area contributed by atoms with Crippen LogP contribution in [-0.2, 0) is 4.79 Å². The summed E-state index contributed by atoms with van der Waals surface area (Å²) in [6.07, 6.45) is 1.51. The van der Waals surface area contributed by atoms with Crippen molar-refractivity contribution in [2.75, 3.05) is 33.2 Å². The third-order valence-corrected chi connectivity index (χ3v) is 4.37. The summed E-state index contributed by atoms with van der Waals surface area (Å²) in [4.78, 5) is 16.7. The molecule has 2 unspecified atom stereocenters. The second-order valence-electron chi connectivity index (χ2n) is 6.07. The lowest BCUT2D eigenvalue weighted by molar-refractivity contribution is -0.130. The number of carbonyl (C=O) groups is 1. The van der Waals surface area contributed by atoms with Crippen LogP contribution < -0.4 is 5.73 Å². The molecular weight excluding hydrogens is 333 g/mol. The second-order valence-corrected chi connectivity index (χ2v) is 6.07. The smallest absolute Gasteiger partial charge is 0.224 e. The van der Waals surface area contributed by atoms with E-state index in [1.165, 1.54) is 0 Å². The van der Waals surface area contributed by atoms with Crippen molar-refractivity contribution >= 4 is 30.7 Å². The quantitative estimate of drug-likeness (QED) is 0.847. The third-order valence-electron chi connectivity index (χ3n) is 4.37. The van der Waals surface area contributed by atoms with E-state index in [-0.39, 0.29) is 36.8 Å². The highest BCUT2D eigenvalue weighted by Gasteiger charge is 2.27. The van der Waals surface area contributed by atoms with E-state index in [1.807, 2.05) is 35.2 Å². The van der Waals surface area contributed by atoms with Crippen molar-refractivity contribution in [3.05, 3.63) is 35.9 Å². The molecule has 23 heavy (non-hydrogen) atoms. The maximum absolute atomic E-state index is 12.4. The van der Waals surface area contributed by atoms with Gasteiger partial charge in [-0.1, -0.05) is 37.3 Å². The molecule has 1 aromatic rings. The van der Waals surface area contributed by atoms with Crippen molar-refractivity contribution in [3.8, 4) is 0 Å². The molecule has 1 aromatic carbocycles. The summed E-state index contributed by atoms with van der Waals surface area (Å²) in [5, 5.41) is 0. The molecule has 1 aliphatic rings. The lowest BCUT2D eigenvalue weighted by Gasteiger charge is -2.21. The van der Waals surface area contributed by atoms with Crippen LogP contribution in [0.15, 0.2) is 30.3 Å². The van der Waals surface area contributed by atoms with Gasteiger partial charge in [-0.05, 0) is 31.5 Å². The molecule has 2 rings (SSSR count). The molecule has 0 spiro atoms. The number of benzene rings is 1. The molecule has 0 aliphatic carbocycles. The summed E-state index contributed by atoms with van der Waals surface area (Å²) in [5.74, 6) is 0.792. The minimum absolute atomic E-state index is 0. The summed E-state index contributed by atoms with van der Waals surface area (Å²) >= 11 is 0. The van der Waals surface area contributed by atoms with Crippen molar-refractivity contribution in [1.29, 1.82) is 0 Å². The number of hydrogen-bond acceptors (Lipinski definition) is 3. The van der Waals surface area contributed by atoms with Crippen LogP contribution >= 0.6 is 24.8 Å². The predicted molar refractivity (Wildman–Crippen MR) is 100 cm³/mol. The highest BCUT2D eigenvalue weighted by atomic mass is 35.5. The molecule has 0 saturated carbocycles. The topological polar surface area (TPSA) is 49.6 Å². The van der Waals surface area contributed by atoms with Crippen LogP contribution in [0.2, 0.25) is 0 Å². The van der Waals surface area contributed by atoms with Crippen molar-refractivity contribution in [1.82, 2.24) is 9.80 Å². The van der Waals surface area contributed by atoms with Gasteiger partial charge in [0.25, 0.3) is 0 Å². The molecule has 1 saturated heterocycles. The number of nitrogens with zero attached hydrogens (tertiary/aromatic N) is 2. The Balaban J connectivity index is 0.00000242. The average Bonchev–Trinajstić information content (AvgIpc) is 2.96. The van der Waals surface area contributed by atoms with Gasteiger partial charge in [-0.2, -0.15) is 0 Å². The number of carbonyl (C=O) groups excluding carboxylic acids is 1. The molecule has 132 valence electrons. The third kappa shape index (κ3) is 6.68. The van der Waals surface area contributed by atoms with Gasteiger partial charge in [0.1, 0.15) is 0 Å². The minimum Gasteiger partial charge on any atom is -0.342 e. The molecular formula is C17H29Cl2N3O. The van der Waals surface area contributed by atoms with Gasteiger partial charge < -0.3 is 15.5 Å². The number of rotatable bonds is 6. The second kappa shape index (κ2) is 10.9. The Morgan fingerprint density at radius 1 is 1.35 bits per heavy atom. The summed E-state index contributed by atoms with van der Waals surface area (Å²) in [6, 6.07) is 9.67. The predicted octanol–water partition coefficient (Wildman–Crippen LogP) is 2.72.